The molecule has 0 saturated carbocycles. The Kier molecular flexibility index (Phi) is 6.93. The van der Waals surface area contributed by atoms with Crippen molar-refractivity contribution in [3.63, 3.8) is 0 Å². The molecule has 3 rings (SSSR count). The van der Waals surface area contributed by atoms with Gasteiger partial charge in [0.15, 0.2) is 4.91 Å². The Bertz CT molecular complexity index is 1220. The van der Waals surface area contributed by atoms with Gasteiger partial charge in [-0.3, -0.25) is 0 Å². The van der Waals surface area contributed by atoms with E-state index >= 15 is 0 Å². The third kappa shape index (κ3) is 5.09. The smallest absolute Gasteiger partial charge is 0.219 e. The lowest BCUT2D eigenvalue weighted by atomic mass is 10.2. The lowest BCUT2D eigenvalue weighted by Gasteiger charge is -2.14. The van der Waals surface area contributed by atoms with Gasteiger partial charge in [0, 0.05) is 11.4 Å². The van der Waals surface area contributed by atoms with Crippen molar-refractivity contribution in [1.82, 2.24) is 0 Å². The molecular weight excluding hydrogens is 419 g/mol. The van der Waals surface area contributed by atoms with E-state index in [2.05, 4.69) is 5.32 Å². The summed E-state index contributed by atoms with van der Waals surface area (Å²) in [6.07, 6.45) is 0. The highest BCUT2D eigenvalue weighted by molar-refractivity contribution is 8.04. The fraction of sp³-hybridized carbons (Fsp3) is 0.0870. The molecule has 30 heavy (non-hydrogen) atoms. The van der Waals surface area contributed by atoms with Gasteiger partial charge >= 0.3 is 0 Å². The molecule has 0 radical (unpaired) electrons. The molecular formula is C23H19FN2O2S2. The molecule has 4 nitrogen and oxygen atoms in total. The van der Waals surface area contributed by atoms with E-state index in [1.54, 1.807) is 42.5 Å². The number of nitriles is 1. The Hall–Kier alpha value is -3.08. The average Bonchev–Trinajstić information content (AvgIpc) is 2.74. The molecule has 0 amide bonds. The molecule has 0 bridgehead atoms. The SMILES string of the molecule is Cc1cccc(N/C(SCc2ccccc2F)=C(/C#N)S(=O)(=O)c2ccccc2)c1. The van der Waals surface area contributed by atoms with E-state index in [-0.39, 0.29) is 21.5 Å². The number of anilines is 1. The van der Waals surface area contributed by atoms with Crippen molar-refractivity contribution >= 4 is 27.3 Å². The van der Waals surface area contributed by atoms with Crippen molar-refractivity contribution in [3.05, 3.63) is 106 Å². The number of nitrogens with zero attached hydrogens (tertiary/aromatic N) is 1. The van der Waals surface area contributed by atoms with Crippen LogP contribution in [-0.2, 0) is 15.6 Å². The molecule has 0 aromatic heterocycles. The first-order valence-corrected chi connectivity index (χ1v) is 11.5. The van der Waals surface area contributed by atoms with Gasteiger partial charge in [-0.2, -0.15) is 5.26 Å². The number of thioether (sulfide) groups is 1. The van der Waals surface area contributed by atoms with Crippen molar-refractivity contribution in [1.29, 1.82) is 5.26 Å². The zero-order chi connectivity index (χ0) is 21.6. The van der Waals surface area contributed by atoms with Crippen LogP contribution in [0.1, 0.15) is 11.1 Å². The van der Waals surface area contributed by atoms with Crippen LogP contribution < -0.4 is 5.32 Å². The largest absolute Gasteiger partial charge is 0.349 e. The summed E-state index contributed by atoms with van der Waals surface area (Å²) in [5, 5.41) is 13.0. The fourth-order valence-electron chi connectivity index (χ4n) is 2.73. The summed E-state index contributed by atoms with van der Waals surface area (Å²) in [6, 6.07) is 23.3. The molecule has 0 spiro atoms. The second kappa shape index (κ2) is 9.61. The summed E-state index contributed by atoms with van der Waals surface area (Å²) < 4.78 is 40.3. The van der Waals surface area contributed by atoms with E-state index in [0.29, 0.717) is 11.3 Å². The lowest BCUT2D eigenvalue weighted by molar-refractivity contribution is 0.603. The third-order valence-electron chi connectivity index (χ3n) is 4.24. The van der Waals surface area contributed by atoms with Crippen molar-refractivity contribution < 1.29 is 12.8 Å². The first kappa shape index (κ1) is 21.6. The molecule has 3 aromatic carbocycles. The summed E-state index contributed by atoms with van der Waals surface area (Å²) in [7, 11) is -4.05. The first-order chi connectivity index (χ1) is 14.4. The number of hydrogen-bond acceptors (Lipinski definition) is 5. The average molecular weight is 439 g/mol. The third-order valence-corrected chi connectivity index (χ3v) is 7.14. The number of rotatable bonds is 7. The molecule has 3 aromatic rings. The van der Waals surface area contributed by atoms with E-state index in [9.17, 15) is 18.1 Å². The molecule has 0 aliphatic carbocycles. The Morgan fingerprint density at radius 2 is 1.73 bits per heavy atom. The topological polar surface area (TPSA) is 70.0 Å². The van der Waals surface area contributed by atoms with Gasteiger partial charge in [0.2, 0.25) is 9.84 Å². The first-order valence-electron chi connectivity index (χ1n) is 9.06. The maximum absolute atomic E-state index is 14.1. The second-order valence-corrected chi connectivity index (χ2v) is 9.33. The molecule has 0 unspecified atom stereocenters. The highest BCUT2D eigenvalue weighted by atomic mass is 32.2. The van der Waals surface area contributed by atoms with Crippen LogP contribution in [0.2, 0.25) is 0 Å². The standard InChI is InChI=1S/C23H19FN2O2S2/c1-17-8-7-10-19(14-17)26-23(29-16-18-9-5-6-13-21(18)24)22(15-25)30(27,28)20-11-3-2-4-12-20/h2-14,26H,16H2,1H3/b23-22+. The van der Waals surface area contributed by atoms with E-state index < -0.39 is 14.7 Å². The van der Waals surface area contributed by atoms with Gasteiger partial charge in [-0.05, 0) is 48.4 Å². The van der Waals surface area contributed by atoms with E-state index in [1.807, 2.05) is 31.2 Å². The Morgan fingerprint density at radius 1 is 1.03 bits per heavy atom. The molecule has 0 fully saturated rings. The minimum atomic E-state index is -4.05. The second-order valence-electron chi connectivity index (χ2n) is 6.46. The highest BCUT2D eigenvalue weighted by Crippen LogP contribution is 2.31. The Labute approximate surface area is 180 Å². The highest BCUT2D eigenvalue weighted by Gasteiger charge is 2.25. The van der Waals surface area contributed by atoms with Gasteiger partial charge in [0.1, 0.15) is 16.9 Å². The van der Waals surface area contributed by atoms with Gasteiger partial charge in [-0.1, -0.05) is 48.5 Å². The number of benzene rings is 3. The van der Waals surface area contributed by atoms with Crippen molar-refractivity contribution in [2.24, 2.45) is 0 Å². The van der Waals surface area contributed by atoms with E-state index in [0.717, 1.165) is 17.3 Å². The number of halogens is 1. The van der Waals surface area contributed by atoms with Gasteiger partial charge < -0.3 is 5.32 Å². The van der Waals surface area contributed by atoms with Crippen LogP contribution in [0.5, 0.6) is 0 Å². The molecule has 0 saturated heterocycles. The van der Waals surface area contributed by atoms with Gasteiger partial charge in [-0.25, -0.2) is 12.8 Å². The van der Waals surface area contributed by atoms with Crippen molar-refractivity contribution in [2.45, 2.75) is 17.6 Å². The maximum atomic E-state index is 14.1. The fourth-order valence-corrected chi connectivity index (χ4v) is 5.30. The van der Waals surface area contributed by atoms with Crippen LogP contribution in [0.25, 0.3) is 0 Å². The van der Waals surface area contributed by atoms with E-state index in [1.165, 1.54) is 18.2 Å². The van der Waals surface area contributed by atoms with Crippen molar-refractivity contribution in [3.8, 4) is 6.07 Å². The van der Waals surface area contributed by atoms with Crippen LogP contribution in [0.15, 0.2) is 93.7 Å². The van der Waals surface area contributed by atoms with Crippen LogP contribution in [-0.4, -0.2) is 8.42 Å². The minimum Gasteiger partial charge on any atom is -0.349 e. The summed E-state index contributed by atoms with van der Waals surface area (Å²) in [5.41, 5.74) is 2.03. The minimum absolute atomic E-state index is 0.0246. The predicted molar refractivity (Wildman–Crippen MR) is 119 cm³/mol. The lowest BCUT2D eigenvalue weighted by Crippen LogP contribution is -2.10. The predicted octanol–water partition coefficient (Wildman–Crippen LogP) is 5.65. The molecule has 1 N–H and O–H groups in total. The zero-order valence-electron chi connectivity index (χ0n) is 16.2. The molecule has 0 aliphatic rings. The molecule has 152 valence electrons. The summed E-state index contributed by atoms with van der Waals surface area (Å²) in [6.45, 7) is 1.91. The van der Waals surface area contributed by atoms with E-state index in [4.69, 9.17) is 0 Å². The van der Waals surface area contributed by atoms with Gasteiger partial charge in [0.25, 0.3) is 0 Å². The number of allylic oxidation sites excluding steroid dienone is 1. The monoisotopic (exact) mass is 438 g/mol. The summed E-state index contributed by atoms with van der Waals surface area (Å²) >= 11 is 1.07. The van der Waals surface area contributed by atoms with Crippen molar-refractivity contribution in [2.75, 3.05) is 5.32 Å². The van der Waals surface area contributed by atoms with Crippen LogP contribution in [0, 0.1) is 24.1 Å². The van der Waals surface area contributed by atoms with Crippen LogP contribution >= 0.6 is 11.8 Å². The van der Waals surface area contributed by atoms with Gasteiger partial charge in [0.05, 0.1) is 4.90 Å². The number of nitrogens with one attached hydrogen (secondary N) is 1. The van der Waals surface area contributed by atoms with Crippen LogP contribution in [0.4, 0.5) is 10.1 Å². The normalized spacial score (nSPS) is 12.0. The summed E-state index contributed by atoms with van der Waals surface area (Å²) in [5.74, 6) is -0.222. The quantitative estimate of drug-likeness (QED) is 0.483. The number of sulfone groups is 1. The maximum Gasteiger partial charge on any atom is 0.219 e. The molecule has 7 heteroatoms. The Balaban J connectivity index is 2.06. The van der Waals surface area contributed by atoms with Crippen LogP contribution in [0.3, 0.4) is 0 Å². The van der Waals surface area contributed by atoms with Gasteiger partial charge in [-0.15, -0.1) is 11.8 Å². The molecule has 0 aliphatic heterocycles. The number of aryl methyl sites for hydroxylation is 1. The molecule has 0 atom stereocenters. The zero-order valence-corrected chi connectivity index (χ0v) is 17.8. The summed E-state index contributed by atoms with van der Waals surface area (Å²) in [4.78, 5) is -0.381. The Morgan fingerprint density at radius 3 is 2.40 bits per heavy atom. The number of hydrogen-bond donors (Lipinski definition) is 1. The molecule has 0 heterocycles.